The molecule has 0 aliphatic heterocycles. The molecule has 1 saturated carbocycles. The molecule has 0 atom stereocenters. The Bertz CT molecular complexity index is 748. The number of hydrogen-bond acceptors (Lipinski definition) is 9. The van der Waals surface area contributed by atoms with E-state index in [1.807, 2.05) is 40.0 Å². The van der Waals surface area contributed by atoms with E-state index in [2.05, 4.69) is 41.2 Å². The second-order valence-corrected chi connectivity index (χ2v) is 10.4. The number of hydrogen-bond donors (Lipinski definition) is 1. The molecule has 0 saturated heterocycles. The first-order chi connectivity index (χ1) is 15.6. The van der Waals surface area contributed by atoms with Crippen LogP contribution in [0.4, 0.5) is 5.82 Å². The van der Waals surface area contributed by atoms with Gasteiger partial charge < -0.3 is 19.7 Å². The number of esters is 2. The lowest BCUT2D eigenvalue weighted by Gasteiger charge is -2.37. The average Bonchev–Trinajstić information content (AvgIpc) is 2.75. The van der Waals surface area contributed by atoms with Crippen LogP contribution in [0.5, 0.6) is 0 Å². The Balaban J connectivity index is 1.80. The molecule has 1 fully saturated rings. The molecule has 0 bridgehead atoms. The van der Waals surface area contributed by atoms with E-state index < -0.39 is 5.60 Å². The van der Waals surface area contributed by atoms with Crippen molar-refractivity contribution in [3.63, 3.8) is 0 Å². The van der Waals surface area contributed by atoms with Crippen LogP contribution in [0.25, 0.3) is 0 Å². The predicted molar refractivity (Wildman–Crippen MR) is 131 cm³/mol. The molecule has 1 aromatic rings. The highest BCUT2D eigenvalue weighted by Gasteiger charge is 2.28. The van der Waals surface area contributed by atoms with Crippen LogP contribution in [-0.4, -0.2) is 85.6 Å². The van der Waals surface area contributed by atoms with E-state index in [0.29, 0.717) is 25.0 Å². The Labute approximate surface area is 205 Å². The Kier molecular flexibility index (Phi) is 11.0. The number of carbonyl (C=O) groups is 2. The molecule has 0 amide bonds. The van der Waals surface area contributed by atoms with Crippen LogP contribution >= 0.6 is 15.9 Å². The quantitative estimate of drug-likeness (QED) is 0.344. The fraction of sp³-hybridized carbons (Fsp3) is 0.739. The van der Waals surface area contributed by atoms with Gasteiger partial charge in [0.1, 0.15) is 10.2 Å². The van der Waals surface area contributed by atoms with Gasteiger partial charge in [-0.3, -0.25) is 14.5 Å². The van der Waals surface area contributed by atoms with Gasteiger partial charge in [0.15, 0.2) is 5.82 Å². The SMILES string of the molecule is COC(=O)CN(CCNCC(=O)OC(C)(C)C)[C@H]1CC[C@H](CN(C)c2ccc(Br)nn2)CC1. The third-order valence-electron chi connectivity index (χ3n) is 5.70. The van der Waals surface area contributed by atoms with Crippen molar-refractivity contribution in [2.24, 2.45) is 5.92 Å². The standard InChI is InChI=1S/C23H38BrN5O4/c1-23(2,3)33-21(30)14-25-12-13-29(16-22(31)32-5)18-8-6-17(7-9-18)15-28(4)20-11-10-19(24)26-27-20/h10-11,17-18,25H,6-9,12-16H2,1-5H3/t17-,18-. The zero-order chi connectivity index (χ0) is 24.4. The lowest BCUT2D eigenvalue weighted by Crippen LogP contribution is -2.46. The first-order valence-electron chi connectivity index (χ1n) is 11.5. The number of anilines is 1. The lowest BCUT2D eigenvalue weighted by molar-refractivity contribution is -0.153. The monoisotopic (exact) mass is 527 g/mol. The molecule has 2 rings (SSSR count). The van der Waals surface area contributed by atoms with Crippen molar-refractivity contribution in [1.29, 1.82) is 0 Å². The highest BCUT2D eigenvalue weighted by molar-refractivity contribution is 9.10. The van der Waals surface area contributed by atoms with Gasteiger partial charge in [0.2, 0.25) is 0 Å². The molecular formula is C23H38BrN5O4. The van der Waals surface area contributed by atoms with Gasteiger partial charge in [-0.05, 0) is 80.4 Å². The molecule has 1 heterocycles. The Hall–Kier alpha value is -1.78. The molecule has 33 heavy (non-hydrogen) atoms. The highest BCUT2D eigenvalue weighted by Crippen LogP contribution is 2.29. The van der Waals surface area contributed by atoms with E-state index in [4.69, 9.17) is 9.47 Å². The summed E-state index contributed by atoms with van der Waals surface area (Å²) in [6.07, 6.45) is 4.21. The summed E-state index contributed by atoms with van der Waals surface area (Å²) in [5, 5.41) is 11.4. The molecule has 9 nitrogen and oxygen atoms in total. The van der Waals surface area contributed by atoms with Gasteiger partial charge >= 0.3 is 11.9 Å². The number of aromatic nitrogens is 2. The molecular weight excluding hydrogens is 490 g/mol. The minimum absolute atomic E-state index is 0.154. The zero-order valence-corrected chi connectivity index (χ0v) is 22.1. The van der Waals surface area contributed by atoms with Crippen molar-refractivity contribution >= 4 is 33.7 Å². The summed E-state index contributed by atoms with van der Waals surface area (Å²) in [5.74, 6) is 0.922. The van der Waals surface area contributed by atoms with Crippen LogP contribution in [0, 0.1) is 5.92 Å². The minimum atomic E-state index is -0.494. The van der Waals surface area contributed by atoms with Crippen LogP contribution in [0.15, 0.2) is 16.7 Å². The van der Waals surface area contributed by atoms with Crippen LogP contribution in [0.1, 0.15) is 46.5 Å². The minimum Gasteiger partial charge on any atom is -0.468 e. The molecule has 1 aliphatic carbocycles. The van der Waals surface area contributed by atoms with Crippen molar-refractivity contribution in [2.45, 2.75) is 58.1 Å². The maximum Gasteiger partial charge on any atom is 0.320 e. The van der Waals surface area contributed by atoms with E-state index in [9.17, 15) is 9.59 Å². The summed E-state index contributed by atoms with van der Waals surface area (Å²) in [6.45, 7) is 8.16. The normalized spacial score (nSPS) is 18.8. The van der Waals surface area contributed by atoms with Crippen LogP contribution < -0.4 is 10.2 Å². The van der Waals surface area contributed by atoms with E-state index in [0.717, 1.165) is 42.6 Å². The van der Waals surface area contributed by atoms with E-state index >= 15 is 0 Å². The Morgan fingerprint density at radius 2 is 1.85 bits per heavy atom. The molecule has 0 unspecified atom stereocenters. The number of rotatable bonds is 11. The topological polar surface area (TPSA) is 96.9 Å². The van der Waals surface area contributed by atoms with E-state index in [-0.39, 0.29) is 25.0 Å². The summed E-state index contributed by atoms with van der Waals surface area (Å²) in [7, 11) is 3.46. The molecule has 1 aliphatic rings. The highest BCUT2D eigenvalue weighted by atomic mass is 79.9. The maximum atomic E-state index is 12.0. The lowest BCUT2D eigenvalue weighted by atomic mass is 9.85. The predicted octanol–water partition coefficient (Wildman–Crippen LogP) is 2.64. The van der Waals surface area contributed by atoms with Crippen molar-refractivity contribution < 1.29 is 19.1 Å². The molecule has 1 aromatic heterocycles. The van der Waals surface area contributed by atoms with Gasteiger partial charge in [0.05, 0.1) is 20.2 Å². The summed E-state index contributed by atoms with van der Waals surface area (Å²) >= 11 is 3.32. The third-order valence-corrected chi connectivity index (χ3v) is 6.12. The summed E-state index contributed by atoms with van der Waals surface area (Å²) in [5.41, 5.74) is -0.494. The summed E-state index contributed by atoms with van der Waals surface area (Å²) in [6, 6.07) is 4.18. The van der Waals surface area contributed by atoms with Gasteiger partial charge in [0, 0.05) is 32.7 Å². The second kappa shape index (κ2) is 13.2. The van der Waals surface area contributed by atoms with Crippen LogP contribution in [-0.2, 0) is 19.1 Å². The molecule has 0 spiro atoms. The summed E-state index contributed by atoms with van der Waals surface area (Å²) < 4.78 is 11.0. The van der Waals surface area contributed by atoms with Crippen molar-refractivity contribution in [3.05, 3.63) is 16.7 Å². The first kappa shape index (κ1) is 27.5. The van der Waals surface area contributed by atoms with Gasteiger partial charge in [-0.25, -0.2) is 0 Å². The van der Waals surface area contributed by atoms with Crippen molar-refractivity contribution in [3.8, 4) is 0 Å². The van der Waals surface area contributed by atoms with E-state index in [1.165, 1.54) is 7.11 Å². The number of methoxy groups -OCH3 is 1. The average molecular weight is 528 g/mol. The Morgan fingerprint density at radius 3 is 2.42 bits per heavy atom. The number of ether oxygens (including phenoxy) is 2. The van der Waals surface area contributed by atoms with Gasteiger partial charge in [-0.1, -0.05) is 0 Å². The Morgan fingerprint density at radius 1 is 1.15 bits per heavy atom. The van der Waals surface area contributed by atoms with Crippen LogP contribution in [0.2, 0.25) is 0 Å². The fourth-order valence-corrected chi connectivity index (χ4v) is 4.31. The molecule has 0 aromatic carbocycles. The number of nitrogens with one attached hydrogen (secondary N) is 1. The second-order valence-electron chi connectivity index (χ2n) is 9.58. The summed E-state index contributed by atoms with van der Waals surface area (Å²) in [4.78, 5) is 28.2. The van der Waals surface area contributed by atoms with Crippen LogP contribution in [0.3, 0.4) is 0 Å². The van der Waals surface area contributed by atoms with E-state index in [1.54, 1.807) is 0 Å². The van der Waals surface area contributed by atoms with Gasteiger partial charge in [0.25, 0.3) is 0 Å². The number of carbonyl (C=O) groups excluding carboxylic acids is 2. The molecule has 10 heteroatoms. The molecule has 0 radical (unpaired) electrons. The fourth-order valence-electron chi connectivity index (χ4n) is 4.10. The largest absolute Gasteiger partial charge is 0.468 e. The molecule has 1 N–H and O–H groups in total. The van der Waals surface area contributed by atoms with Crippen molar-refractivity contribution in [1.82, 2.24) is 20.4 Å². The zero-order valence-electron chi connectivity index (χ0n) is 20.5. The third kappa shape index (κ3) is 10.4. The number of nitrogens with zero attached hydrogens (tertiary/aromatic N) is 4. The number of halogens is 1. The van der Waals surface area contributed by atoms with Gasteiger partial charge in [-0.2, -0.15) is 0 Å². The molecule has 186 valence electrons. The smallest absolute Gasteiger partial charge is 0.320 e. The van der Waals surface area contributed by atoms with Gasteiger partial charge in [-0.15, -0.1) is 10.2 Å². The van der Waals surface area contributed by atoms with Crippen molar-refractivity contribution in [2.75, 3.05) is 51.8 Å². The first-order valence-corrected chi connectivity index (χ1v) is 12.3. The maximum absolute atomic E-state index is 12.0.